The Bertz CT molecular complexity index is 2270. The molecule has 1 aliphatic rings. The molecule has 4 nitrogen and oxygen atoms in total. The molecular formula is C43H41IrN3OS-2. The SMILES string of the molecule is CC(C)Cc1cccc2c1sc1c(-c3[c-]c4ccccc4c(C(C)(C)C)c3)nccc12.CN1[CH-]N(c2ccccc2O)c2ccccc21.[Ir]. The van der Waals surface area contributed by atoms with Crippen molar-refractivity contribution in [2.45, 2.75) is 46.5 Å². The number of aromatic hydroxyl groups is 1. The summed E-state index contributed by atoms with van der Waals surface area (Å²) in [6.07, 6.45) is 3.06. The number of pyridine rings is 1. The zero-order valence-corrected chi connectivity index (χ0v) is 32.0. The molecule has 0 atom stereocenters. The Morgan fingerprint density at radius 2 is 1.45 bits per heavy atom. The maximum Gasteiger partial charge on any atom is 0.136 e. The number of para-hydroxylation sites is 4. The Morgan fingerprint density at radius 1 is 0.796 bits per heavy atom. The van der Waals surface area contributed by atoms with Gasteiger partial charge in [-0.05, 0) is 66.1 Å². The number of fused-ring (bicyclic) bond motifs is 5. The standard InChI is InChI=1S/C29H28NS.C14H13N2O.Ir/c1-18(2)15-20-10-8-12-23-24-13-14-30-26(28(24)31-27(20)23)21-16-19-9-6-7-11-22(19)25(17-21)29(3,4)5;1-15-10-16(12-7-3-2-6-11(12)15)13-8-4-5-9-14(13)17;/h6-14,17-18H,15H2,1-5H3;2-10,17H,1H3;/q2*-1;. The van der Waals surface area contributed by atoms with Crippen LogP contribution in [0.2, 0.25) is 0 Å². The van der Waals surface area contributed by atoms with Crippen LogP contribution in [-0.2, 0) is 31.9 Å². The first-order chi connectivity index (χ1) is 23.1. The van der Waals surface area contributed by atoms with Crippen LogP contribution >= 0.6 is 11.3 Å². The average molecular weight is 840 g/mol. The summed E-state index contributed by atoms with van der Waals surface area (Å²) >= 11 is 1.89. The molecule has 1 aliphatic heterocycles. The molecule has 0 aliphatic carbocycles. The average Bonchev–Trinajstić information content (AvgIpc) is 3.62. The molecule has 0 unspecified atom stereocenters. The second-order valence-electron chi connectivity index (χ2n) is 14.0. The maximum absolute atomic E-state index is 9.90. The van der Waals surface area contributed by atoms with Gasteiger partial charge in [0.25, 0.3) is 0 Å². The van der Waals surface area contributed by atoms with Gasteiger partial charge in [-0.2, -0.15) is 0 Å². The van der Waals surface area contributed by atoms with Crippen LogP contribution in [0.3, 0.4) is 0 Å². The van der Waals surface area contributed by atoms with Gasteiger partial charge in [-0.15, -0.1) is 47.2 Å². The minimum absolute atomic E-state index is 0. The zero-order valence-electron chi connectivity index (χ0n) is 28.8. The van der Waals surface area contributed by atoms with Crippen LogP contribution in [0.4, 0.5) is 17.1 Å². The van der Waals surface area contributed by atoms with E-state index in [2.05, 4.69) is 101 Å². The van der Waals surface area contributed by atoms with Crippen molar-refractivity contribution in [1.29, 1.82) is 0 Å². The van der Waals surface area contributed by atoms with E-state index in [0.29, 0.717) is 5.92 Å². The van der Waals surface area contributed by atoms with Gasteiger partial charge in [0, 0.05) is 58.2 Å². The van der Waals surface area contributed by atoms with Gasteiger partial charge >= 0.3 is 0 Å². The Balaban J connectivity index is 0.000000196. The molecule has 5 aromatic carbocycles. The van der Waals surface area contributed by atoms with E-state index in [1.54, 1.807) is 6.07 Å². The minimum atomic E-state index is 0. The number of rotatable bonds is 4. The van der Waals surface area contributed by atoms with E-state index in [4.69, 9.17) is 4.98 Å². The van der Waals surface area contributed by atoms with Crippen molar-refractivity contribution < 1.29 is 25.2 Å². The molecule has 0 bridgehead atoms. The fourth-order valence-corrected chi connectivity index (χ4v) is 8.00. The molecule has 251 valence electrons. The van der Waals surface area contributed by atoms with Crippen molar-refractivity contribution >= 4 is 59.3 Å². The molecule has 6 heteroatoms. The van der Waals surface area contributed by atoms with E-state index in [-0.39, 0.29) is 31.3 Å². The quantitative estimate of drug-likeness (QED) is 0.179. The topological polar surface area (TPSA) is 39.6 Å². The number of benzene rings is 5. The molecule has 1 radical (unpaired) electrons. The van der Waals surface area contributed by atoms with Crippen molar-refractivity contribution in [2.24, 2.45) is 5.92 Å². The van der Waals surface area contributed by atoms with Gasteiger partial charge in [0.05, 0.1) is 5.69 Å². The second-order valence-corrected chi connectivity index (χ2v) is 15.0. The van der Waals surface area contributed by atoms with Crippen molar-refractivity contribution in [1.82, 2.24) is 4.98 Å². The second kappa shape index (κ2) is 14.0. The third-order valence-electron chi connectivity index (χ3n) is 8.91. The molecule has 2 aromatic heterocycles. The summed E-state index contributed by atoms with van der Waals surface area (Å²) in [6, 6.07) is 39.0. The van der Waals surface area contributed by atoms with Crippen molar-refractivity contribution in [2.75, 3.05) is 16.8 Å². The number of phenols is 1. The first-order valence-corrected chi connectivity index (χ1v) is 17.4. The van der Waals surface area contributed by atoms with E-state index < -0.39 is 0 Å². The fourth-order valence-electron chi connectivity index (χ4n) is 6.68. The van der Waals surface area contributed by atoms with Crippen LogP contribution in [0.25, 0.3) is 42.2 Å². The van der Waals surface area contributed by atoms with Gasteiger partial charge in [-0.3, -0.25) is 4.98 Å². The Hall–Kier alpha value is -4.22. The van der Waals surface area contributed by atoms with Crippen LogP contribution in [0.5, 0.6) is 5.75 Å². The number of nitrogens with zero attached hydrogens (tertiary/aromatic N) is 3. The van der Waals surface area contributed by atoms with Gasteiger partial charge in [0.2, 0.25) is 0 Å². The van der Waals surface area contributed by atoms with Gasteiger partial charge in [-0.25, -0.2) is 0 Å². The molecule has 7 aromatic rings. The maximum atomic E-state index is 9.90. The monoisotopic (exact) mass is 840 g/mol. The van der Waals surface area contributed by atoms with E-state index in [1.807, 2.05) is 77.4 Å². The van der Waals surface area contributed by atoms with E-state index in [9.17, 15) is 5.11 Å². The van der Waals surface area contributed by atoms with Crippen LogP contribution in [0.1, 0.15) is 45.7 Å². The summed E-state index contributed by atoms with van der Waals surface area (Å²) in [4.78, 5) is 8.91. The van der Waals surface area contributed by atoms with Gasteiger partial charge in [0.1, 0.15) is 5.75 Å². The summed E-state index contributed by atoms with van der Waals surface area (Å²) in [5.74, 6) is 0.922. The van der Waals surface area contributed by atoms with Crippen LogP contribution in [0.15, 0.2) is 109 Å². The number of anilines is 3. The van der Waals surface area contributed by atoms with Crippen molar-refractivity contribution in [3.05, 3.63) is 133 Å². The number of hydrogen-bond donors (Lipinski definition) is 1. The molecule has 49 heavy (non-hydrogen) atoms. The van der Waals surface area contributed by atoms with E-state index in [0.717, 1.165) is 40.1 Å². The van der Waals surface area contributed by atoms with E-state index in [1.165, 1.54) is 36.7 Å². The number of phenolic OH excluding ortho intramolecular Hbond substituents is 1. The summed E-state index contributed by atoms with van der Waals surface area (Å²) in [5.41, 5.74) is 7.98. The molecule has 0 spiro atoms. The number of thiophene rings is 1. The number of hydrogen-bond acceptors (Lipinski definition) is 5. The first-order valence-electron chi connectivity index (χ1n) is 16.6. The summed E-state index contributed by atoms with van der Waals surface area (Å²) in [7, 11) is 2.00. The number of aromatic nitrogens is 1. The zero-order chi connectivity index (χ0) is 33.6. The van der Waals surface area contributed by atoms with Gasteiger partial charge in [0.15, 0.2) is 0 Å². The molecule has 0 amide bonds. The van der Waals surface area contributed by atoms with Crippen LogP contribution in [0, 0.1) is 18.7 Å². The molecule has 0 saturated carbocycles. The molecule has 0 saturated heterocycles. The Labute approximate surface area is 307 Å². The van der Waals surface area contributed by atoms with Gasteiger partial charge in [-0.1, -0.05) is 106 Å². The predicted octanol–water partition coefficient (Wildman–Crippen LogP) is 11.7. The predicted molar refractivity (Wildman–Crippen MR) is 206 cm³/mol. The molecule has 0 fully saturated rings. The summed E-state index contributed by atoms with van der Waals surface area (Å²) in [6.45, 7) is 13.4. The fraction of sp³-hybridized carbons (Fsp3) is 0.209. The molecule has 3 heterocycles. The van der Waals surface area contributed by atoms with E-state index >= 15 is 0 Å². The molecule has 8 rings (SSSR count). The normalized spacial score (nSPS) is 12.7. The summed E-state index contributed by atoms with van der Waals surface area (Å²) < 4.78 is 2.66. The third kappa shape index (κ3) is 6.70. The summed E-state index contributed by atoms with van der Waals surface area (Å²) in [5, 5.41) is 15.0. The Kier molecular flexibility index (Phi) is 9.86. The van der Waals surface area contributed by atoms with Gasteiger partial charge < -0.3 is 14.9 Å². The first kappa shape index (κ1) is 34.6. The minimum Gasteiger partial charge on any atom is -0.506 e. The molecule has 1 N–H and O–H groups in total. The smallest absolute Gasteiger partial charge is 0.136 e. The molecular weight excluding hydrogens is 799 g/mol. The third-order valence-corrected chi connectivity index (χ3v) is 10.2. The van der Waals surface area contributed by atoms with Crippen molar-refractivity contribution in [3.63, 3.8) is 0 Å². The largest absolute Gasteiger partial charge is 0.506 e. The van der Waals surface area contributed by atoms with Crippen LogP contribution < -0.4 is 9.80 Å². The van der Waals surface area contributed by atoms with Crippen molar-refractivity contribution in [3.8, 4) is 17.0 Å². The Morgan fingerprint density at radius 3 is 2.18 bits per heavy atom. The van der Waals surface area contributed by atoms with Crippen LogP contribution in [-0.4, -0.2) is 17.1 Å².